The van der Waals surface area contributed by atoms with Crippen LogP contribution in [0.25, 0.3) is 5.65 Å². The molecule has 0 aliphatic carbocycles. The van der Waals surface area contributed by atoms with Crippen LogP contribution in [0.1, 0.15) is 30.3 Å². The van der Waals surface area contributed by atoms with E-state index in [-0.39, 0.29) is 24.0 Å². The predicted molar refractivity (Wildman–Crippen MR) is 136 cm³/mol. The molecule has 0 aliphatic rings. The van der Waals surface area contributed by atoms with Gasteiger partial charge in [-0.25, -0.2) is 4.98 Å². The van der Waals surface area contributed by atoms with Gasteiger partial charge in [0.15, 0.2) is 17.5 Å². The molecule has 0 aliphatic heterocycles. The quantitative estimate of drug-likeness (QED) is 0.187. The maximum atomic E-state index is 5.66. The molecule has 0 saturated carbocycles. The number of ether oxygens (including phenoxy) is 2. The van der Waals surface area contributed by atoms with Gasteiger partial charge in [-0.1, -0.05) is 12.1 Å². The van der Waals surface area contributed by atoms with Gasteiger partial charge in [-0.3, -0.25) is 4.99 Å². The zero-order valence-corrected chi connectivity index (χ0v) is 21.0. The number of fused-ring (bicyclic) bond motifs is 1. The predicted octanol–water partition coefficient (Wildman–Crippen LogP) is 3.97. The van der Waals surface area contributed by atoms with Gasteiger partial charge in [0, 0.05) is 25.5 Å². The largest absolute Gasteiger partial charge is 0.493 e. The first-order valence-corrected chi connectivity index (χ1v) is 10.3. The van der Waals surface area contributed by atoms with Crippen LogP contribution in [0.3, 0.4) is 0 Å². The molecule has 8 heteroatoms. The second-order valence-corrected chi connectivity index (χ2v) is 7.00. The van der Waals surface area contributed by atoms with E-state index in [0.717, 1.165) is 48.2 Å². The van der Waals surface area contributed by atoms with Crippen LogP contribution in [0, 0.1) is 6.92 Å². The van der Waals surface area contributed by atoms with Crippen molar-refractivity contribution in [1.82, 2.24) is 20.0 Å². The number of guanidine groups is 1. The topological polar surface area (TPSA) is 72.2 Å². The Morgan fingerprint density at radius 1 is 1.16 bits per heavy atom. The molecule has 0 saturated heterocycles. The average Bonchev–Trinajstić information content (AvgIpc) is 3.18. The number of imidazole rings is 1. The normalized spacial score (nSPS) is 11.2. The third-order valence-corrected chi connectivity index (χ3v) is 4.87. The number of hydrogen-bond donors (Lipinski definition) is 2. The Hall–Kier alpha value is -2.49. The highest BCUT2D eigenvalue weighted by Gasteiger charge is 2.06. The van der Waals surface area contributed by atoms with Crippen LogP contribution >= 0.6 is 24.0 Å². The molecule has 1 aromatic carbocycles. The van der Waals surface area contributed by atoms with Gasteiger partial charge < -0.3 is 24.5 Å². The van der Waals surface area contributed by atoms with Crippen molar-refractivity contribution in [2.45, 2.75) is 33.2 Å². The highest BCUT2D eigenvalue weighted by atomic mass is 127. The molecule has 0 unspecified atom stereocenters. The van der Waals surface area contributed by atoms with Crippen LogP contribution < -0.4 is 20.1 Å². The van der Waals surface area contributed by atoms with Gasteiger partial charge in [-0.05, 0) is 56.5 Å². The van der Waals surface area contributed by atoms with Crippen LogP contribution in [0.2, 0.25) is 0 Å². The number of methoxy groups -OCH3 is 1. The molecular formula is C23H32IN5O2. The number of aliphatic imine (C=N–C) groups is 1. The van der Waals surface area contributed by atoms with Crippen LogP contribution in [0.15, 0.2) is 47.6 Å². The summed E-state index contributed by atoms with van der Waals surface area (Å²) in [5.74, 6) is 2.34. The molecule has 0 fully saturated rings. The summed E-state index contributed by atoms with van der Waals surface area (Å²) in [6.45, 7) is 6.11. The smallest absolute Gasteiger partial charge is 0.191 e. The Labute approximate surface area is 201 Å². The molecule has 2 heterocycles. The molecule has 2 N–H and O–H groups in total. The van der Waals surface area contributed by atoms with E-state index in [1.807, 2.05) is 25.1 Å². The molecular weight excluding hydrogens is 505 g/mol. The zero-order chi connectivity index (χ0) is 21.3. The second kappa shape index (κ2) is 12.4. The van der Waals surface area contributed by atoms with Gasteiger partial charge in [-0.15, -0.1) is 24.0 Å². The van der Waals surface area contributed by atoms with E-state index in [2.05, 4.69) is 56.3 Å². The summed E-state index contributed by atoms with van der Waals surface area (Å²) in [7, 11) is 3.44. The van der Waals surface area contributed by atoms with Crippen molar-refractivity contribution in [3.63, 3.8) is 0 Å². The number of pyridine rings is 1. The van der Waals surface area contributed by atoms with Gasteiger partial charge >= 0.3 is 0 Å². The highest BCUT2D eigenvalue weighted by molar-refractivity contribution is 14.0. The fraction of sp³-hybridized carbons (Fsp3) is 0.391. The van der Waals surface area contributed by atoms with E-state index < -0.39 is 0 Å². The number of halogens is 1. The van der Waals surface area contributed by atoms with E-state index in [9.17, 15) is 0 Å². The monoisotopic (exact) mass is 537 g/mol. The van der Waals surface area contributed by atoms with E-state index in [1.165, 1.54) is 11.3 Å². The Balaban J connectivity index is 0.00000341. The van der Waals surface area contributed by atoms with Crippen molar-refractivity contribution in [2.75, 3.05) is 27.3 Å². The van der Waals surface area contributed by atoms with E-state index in [0.29, 0.717) is 13.2 Å². The lowest BCUT2D eigenvalue weighted by atomic mass is 10.1. The van der Waals surface area contributed by atoms with Crippen LogP contribution in [-0.2, 0) is 13.0 Å². The number of aromatic nitrogens is 2. The first-order chi connectivity index (χ1) is 14.6. The molecule has 3 rings (SSSR count). The van der Waals surface area contributed by atoms with E-state index in [4.69, 9.17) is 9.47 Å². The van der Waals surface area contributed by atoms with Crippen LogP contribution in [0.4, 0.5) is 0 Å². The summed E-state index contributed by atoms with van der Waals surface area (Å²) in [5, 5.41) is 6.70. The van der Waals surface area contributed by atoms with Crippen molar-refractivity contribution >= 4 is 35.6 Å². The third-order valence-electron chi connectivity index (χ3n) is 4.87. The number of aryl methyl sites for hydroxylation is 2. The molecule has 0 amide bonds. The van der Waals surface area contributed by atoms with Crippen molar-refractivity contribution in [2.24, 2.45) is 4.99 Å². The number of rotatable bonds is 9. The summed E-state index contributed by atoms with van der Waals surface area (Å²) in [6.07, 6.45) is 3.98. The van der Waals surface area contributed by atoms with Crippen molar-refractivity contribution < 1.29 is 9.47 Å². The number of hydrogen-bond acceptors (Lipinski definition) is 4. The van der Waals surface area contributed by atoms with Gasteiger partial charge in [0.1, 0.15) is 5.65 Å². The molecule has 168 valence electrons. The van der Waals surface area contributed by atoms with Crippen molar-refractivity contribution in [3.8, 4) is 11.5 Å². The van der Waals surface area contributed by atoms with Gasteiger partial charge in [0.2, 0.25) is 0 Å². The number of benzene rings is 1. The standard InChI is InChI=1S/C23H31N5O2.HI/c1-5-30-21-14-18(11-12-20(21)29-4)9-7-13-25-23(24-3)26-15-19-16-28-17(2)8-6-10-22(28)27-19;/h6,8,10-12,14,16H,5,7,9,13,15H2,1-4H3,(H2,24,25,26);1H. The second-order valence-electron chi connectivity index (χ2n) is 7.00. The molecule has 0 atom stereocenters. The first kappa shape index (κ1) is 24.8. The molecule has 7 nitrogen and oxygen atoms in total. The maximum absolute atomic E-state index is 5.66. The third kappa shape index (κ3) is 6.75. The minimum Gasteiger partial charge on any atom is -0.493 e. The Bertz CT molecular complexity index is 1000. The minimum atomic E-state index is 0. The Kier molecular flexibility index (Phi) is 9.90. The summed E-state index contributed by atoms with van der Waals surface area (Å²) in [5.41, 5.74) is 4.33. The lowest BCUT2D eigenvalue weighted by molar-refractivity contribution is 0.310. The molecule has 2 aromatic heterocycles. The SMILES string of the molecule is CCOc1cc(CCCNC(=NC)NCc2cn3c(C)cccc3n2)ccc1OC.I. The Morgan fingerprint density at radius 3 is 2.71 bits per heavy atom. The lowest BCUT2D eigenvalue weighted by Crippen LogP contribution is -2.37. The zero-order valence-electron chi connectivity index (χ0n) is 18.6. The van der Waals surface area contributed by atoms with Gasteiger partial charge in [0.05, 0.1) is 26.0 Å². The molecule has 0 bridgehead atoms. The van der Waals surface area contributed by atoms with E-state index >= 15 is 0 Å². The molecule has 0 radical (unpaired) electrons. The summed E-state index contributed by atoms with van der Waals surface area (Å²) in [4.78, 5) is 8.95. The highest BCUT2D eigenvalue weighted by Crippen LogP contribution is 2.28. The van der Waals surface area contributed by atoms with Crippen molar-refractivity contribution in [1.29, 1.82) is 0 Å². The summed E-state index contributed by atoms with van der Waals surface area (Å²) >= 11 is 0. The lowest BCUT2D eigenvalue weighted by Gasteiger charge is -2.12. The van der Waals surface area contributed by atoms with Crippen molar-refractivity contribution in [3.05, 3.63) is 59.5 Å². The fourth-order valence-electron chi connectivity index (χ4n) is 3.32. The van der Waals surface area contributed by atoms with E-state index in [1.54, 1.807) is 14.2 Å². The Morgan fingerprint density at radius 2 is 2.00 bits per heavy atom. The van der Waals surface area contributed by atoms with Crippen LogP contribution in [-0.4, -0.2) is 42.7 Å². The molecule has 3 aromatic rings. The number of nitrogens with zero attached hydrogens (tertiary/aromatic N) is 3. The average molecular weight is 537 g/mol. The maximum Gasteiger partial charge on any atom is 0.191 e. The van der Waals surface area contributed by atoms with Gasteiger partial charge in [0.25, 0.3) is 0 Å². The van der Waals surface area contributed by atoms with Gasteiger partial charge in [-0.2, -0.15) is 0 Å². The molecule has 31 heavy (non-hydrogen) atoms. The fourth-order valence-corrected chi connectivity index (χ4v) is 3.32. The number of nitrogens with one attached hydrogen (secondary N) is 2. The molecule has 0 spiro atoms. The first-order valence-electron chi connectivity index (χ1n) is 10.3. The summed E-state index contributed by atoms with van der Waals surface area (Å²) < 4.78 is 13.1. The minimum absolute atomic E-state index is 0. The summed E-state index contributed by atoms with van der Waals surface area (Å²) in [6, 6.07) is 12.2. The van der Waals surface area contributed by atoms with Crippen LogP contribution in [0.5, 0.6) is 11.5 Å².